The molecule has 0 bridgehead atoms. The van der Waals surface area contributed by atoms with Crippen molar-refractivity contribution in [2.45, 2.75) is 25.0 Å². The molecule has 0 aliphatic heterocycles. The van der Waals surface area contributed by atoms with E-state index in [9.17, 15) is 9.18 Å². The van der Waals surface area contributed by atoms with Crippen LogP contribution in [0.4, 0.5) is 4.39 Å². The van der Waals surface area contributed by atoms with Crippen LogP contribution in [-0.2, 0) is 10.5 Å². The highest BCUT2D eigenvalue weighted by Gasteiger charge is 2.44. The Balaban J connectivity index is 1.90. The third-order valence-corrected chi connectivity index (χ3v) is 4.67. The Morgan fingerprint density at radius 1 is 1.53 bits per heavy atom. The Labute approximate surface area is 115 Å². The summed E-state index contributed by atoms with van der Waals surface area (Å²) in [5.41, 5.74) is 1.11. The summed E-state index contributed by atoms with van der Waals surface area (Å²) in [5, 5.41) is 17.8. The average molecular weight is 279 g/mol. The normalized spacial score (nSPS) is 15.8. The Bertz CT molecular complexity index is 535. The number of hydrogen-bond acceptors (Lipinski definition) is 3. The predicted molar refractivity (Wildman–Crippen MR) is 71.2 cm³/mol. The van der Waals surface area contributed by atoms with Gasteiger partial charge in [0.25, 0.3) is 0 Å². The van der Waals surface area contributed by atoms with Gasteiger partial charge in [0, 0.05) is 5.75 Å². The van der Waals surface area contributed by atoms with Crippen LogP contribution in [0.1, 0.15) is 30.4 Å². The first kappa shape index (κ1) is 13.9. The van der Waals surface area contributed by atoms with E-state index in [0.717, 1.165) is 24.2 Å². The number of carboxylic acid groups (broad SMARTS) is 1. The maximum atomic E-state index is 13.0. The number of nitriles is 1. The Morgan fingerprint density at radius 2 is 2.26 bits per heavy atom. The van der Waals surface area contributed by atoms with Gasteiger partial charge in [-0.05, 0) is 41.7 Å². The number of thioether (sulfide) groups is 1. The van der Waals surface area contributed by atoms with E-state index in [1.165, 1.54) is 12.1 Å². The van der Waals surface area contributed by atoms with Crippen LogP contribution in [0.25, 0.3) is 0 Å². The number of hydrogen-bond donors (Lipinski definition) is 1. The zero-order chi connectivity index (χ0) is 13.9. The quantitative estimate of drug-likeness (QED) is 0.868. The van der Waals surface area contributed by atoms with Crippen LogP contribution in [0.2, 0.25) is 0 Å². The van der Waals surface area contributed by atoms with Crippen molar-refractivity contribution >= 4 is 17.7 Å². The second-order valence-electron chi connectivity index (χ2n) is 4.98. The van der Waals surface area contributed by atoms with Crippen molar-refractivity contribution in [3.8, 4) is 6.07 Å². The maximum absolute atomic E-state index is 13.0. The molecule has 0 heterocycles. The Hall–Kier alpha value is -1.54. The van der Waals surface area contributed by atoms with Crippen molar-refractivity contribution in [1.29, 1.82) is 5.26 Å². The van der Waals surface area contributed by atoms with Crippen molar-refractivity contribution in [1.82, 2.24) is 0 Å². The highest BCUT2D eigenvalue weighted by Crippen LogP contribution is 2.51. The number of rotatable bonds is 6. The van der Waals surface area contributed by atoms with Crippen LogP contribution >= 0.6 is 11.8 Å². The minimum atomic E-state index is -0.752. The van der Waals surface area contributed by atoms with E-state index in [4.69, 9.17) is 10.4 Å². The smallest absolute Gasteiger partial charge is 0.303 e. The highest BCUT2D eigenvalue weighted by atomic mass is 32.2. The molecule has 0 radical (unpaired) electrons. The van der Waals surface area contributed by atoms with Crippen molar-refractivity contribution < 1.29 is 14.3 Å². The number of carbonyl (C=O) groups is 1. The van der Waals surface area contributed by atoms with Gasteiger partial charge in [-0.1, -0.05) is 6.07 Å². The lowest BCUT2D eigenvalue weighted by Gasteiger charge is -2.12. The molecule has 0 atom stereocenters. The van der Waals surface area contributed by atoms with Crippen LogP contribution in [0.15, 0.2) is 18.2 Å². The Kier molecular flexibility index (Phi) is 4.11. The lowest BCUT2D eigenvalue weighted by Crippen LogP contribution is -2.11. The van der Waals surface area contributed by atoms with Gasteiger partial charge in [-0.25, -0.2) is 4.39 Å². The molecule has 1 aromatic carbocycles. The van der Waals surface area contributed by atoms with Crippen molar-refractivity contribution in [2.24, 2.45) is 5.41 Å². The third kappa shape index (κ3) is 3.71. The largest absolute Gasteiger partial charge is 0.481 e. The van der Waals surface area contributed by atoms with E-state index in [2.05, 4.69) is 0 Å². The molecule has 19 heavy (non-hydrogen) atoms. The van der Waals surface area contributed by atoms with E-state index in [-0.39, 0.29) is 11.8 Å². The van der Waals surface area contributed by atoms with Crippen LogP contribution in [0, 0.1) is 22.6 Å². The molecule has 0 aromatic heterocycles. The molecule has 1 aliphatic carbocycles. The minimum absolute atomic E-state index is 0.0522. The van der Waals surface area contributed by atoms with E-state index >= 15 is 0 Å². The fraction of sp³-hybridized carbons (Fsp3) is 0.429. The molecular formula is C14H14FNO2S. The van der Waals surface area contributed by atoms with Crippen molar-refractivity contribution in [3.63, 3.8) is 0 Å². The molecule has 1 aliphatic rings. The van der Waals surface area contributed by atoms with Gasteiger partial charge in [0.05, 0.1) is 18.1 Å². The number of benzene rings is 1. The summed E-state index contributed by atoms with van der Waals surface area (Å²) >= 11 is 1.62. The summed E-state index contributed by atoms with van der Waals surface area (Å²) in [6.07, 6.45) is 2.14. The SMILES string of the molecule is N#Cc1cc(F)ccc1CSCC1(CC(=O)O)CC1. The van der Waals surface area contributed by atoms with Gasteiger partial charge in [-0.2, -0.15) is 17.0 Å². The number of halogens is 1. The molecule has 0 spiro atoms. The summed E-state index contributed by atoms with van der Waals surface area (Å²) in [6, 6.07) is 6.19. The van der Waals surface area contributed by atoms with E-state index in [1.807, 2.05) is 6.07 Å². The minimum Gasteiger partial charge on any atom is -0.481 e. The molecule has 0 saturated heterocycles. The molecule has 2 rings (SSSR count). The fourth-order valence-electron chi connectivity index (χ4n) is 2.03. The maximum Gasteiger partial charge on any atom is 0.303 e. The number of nitrogens with zero attached hydrogens (tertiary/aromatic N) is 1. The first-order valence-electron chi connectivity index (χ1n) is 6.03. The van der Waals surface area contributed by atoms with Gasteiger partial charge < -0.3 is 5.11 Å². The molecule has 0 unspecified atom stereocenters. The zero-order valence-electron chi connectivity index (χ0n) is 10.4. The molecule has 100 valence electrons. The van der Waals surface area contributed by atoms with Gasteiger partial charge >= 0.3 is 5.97 Å². The van der Waals surface area contributed by atoms with Gasteiger partial charge in [0.1, 0.15) is 5.82 Å². The highest BCUT2D eigenvalue weighted by molar-refractivity contribution is 7.98. The van der Waals surface area contributed by atoms with E-state index < -0.39 is 11.8 Å². The standard InChI is InChI=1S/C14H14FNO2S/c15-12-2-1-10(11(5-12)7-16)8-19-9-14(3-4-14)6-13(17)18/h1-2,5H,3-4,6,8-9H2,(H,17,18). The van der Waals surface area contributed by atoms with Gasteiger partial charge in [-0.3, -0.25) is 4.79 Å². The Morgan fingerprint density at radius 3 is 2.84 bits per heavy atom. The van der Waals surface area contributed by atoms with Gasteiger partial charge in [0.15, 0.2) is 0 Å². The number of aliphatic carboxylic acids is 1. The molecule has 1 saturated carbocycles. The van der Waals surface area contributed by atoms with Crippen LogP contribution < -0.4 is 0 Å². The summed E-state index contributed by atoms with van der Waals surface area (Å²) < 4.78 is 13.0. The molecule has 1 aromatic rings. The molecule has 3 nitrogen and oxygen atoms in total. The summed E-state index contributed by atoms with van der Waals surface area (Å²) in [6.45, 7) is 0. The molecule has 1 fully saturated rings. The van der Waals surface area contributed by atoms with Crippen molar-refractivity contribution in [2.75, 3.05) is 5.75 Å². The molecule has 1 N–H and O–H groups in total. The first-order valence-corrected chi connectivity index (χ1v) is 7.18. The molecule has 5 heteroatoms. The molecule has 0 amide bonds. The zero-order valence-corrected chi connectivity index (χ0v) is 11.2. The van der Waals surface area contributed by atoms with E-state index in [0.29, 0.717) is 11.3 Å². The lowest BCUT2D eigenvalue weighted by molar-refractivity contribution is -0.138. The first-order chi connectivity index (χ1) is 9.04. The lowest BCUT2D eigenvalue weighted by atomic mass is 10.1. The average Bonchev–Trinajstić information content (AvgIpc) is 3.10. The predicted octanol–water partition coefficient (Wildman–Crippen LogP) is 3.19. The summed E-state index contributed by atoms with van der Waals surface area (Å²) in [7, 11) is 0. The van der Waals surface area contributed by atoms with E-state index in [1.54, 1.807) is 17.8 Å². The summed E-state index contributed by atoms with van der Waals surface area (Å²) in [4.78, 5) is 10.7. The number of carboxylic acids is 1. The van der Waals surface area contributed by atoms with Gasteiger partial charge in [-0.15, -0.1) is 0 Å². The van der Waals surface area contributed by atoms with Gasteiger partial charge in [0.2, 0.25) is 0 Å². The monoisotopic (exact) mass is 279 g/mol. The second kappa shape index (κ2) is 5.62. The fourth-order valence-corrected chi connectivity index (χ4v) is 3.42. The van der Waals surface area contributed by atoms with Crippen molar-refractivity contribution in [3.05, 3.63) is 35.1 Å². The second-order valence-corrected chi connectivity index (χ2v) is 5.96. The van der Waals surface area contributed by atoms with Crippen LogP contribution in [0.5, 0.6) is 0 Å². The summed E-state index contributed by atoms with van der Waals surface area (Å²) in [5.74, 6) is 0.235. The third-order valence-electron chi connectivity index (χ3n) is 3.34. The van der Waals surface area contributed by atoms with Crippen LogP contribution in [0.3, 0.4) is 0 Å². The molecular weight excluding hydrogens is 265 g/mol. The van der Waals surface area contributed by atoms with Crippen LogP contribution in [-0.4, -0.2) is 16.8 Å². The topological polar surface area (TPSA) is 61.1 Å².